The fourth-order valence-electron chi connectivity index (χ4n) is 5.52. The van der Waals surface area contributed by atoms with Crippen LogP contribution in [0.2, 0.25) is 0 Å². The standard InChI is InChI=1S/C36H75N2O6P/c1-6-8-10-12-14-16-18-20-22-24-26-28-30-36(40)37-34(33-44-45(41,42)43-32-31-38(3,4)5)35(39)29-27-25-23-21-19-17-15-13-11-9-7-2/h34-35,39H,6-33H2,1-5H3,(H-,37,40,41,42)/p+1. The number of aliphatic hydroxyl groups excluding tert-OH is 1. The van der Waals surface area contributed by atoms with Gasteiger partial charge in [-0.25, -0.2) is 4.57 Å². The number of rotatable bonds is 34. The molecular formula is C36H76N2O6P+. The monoisotopic (exact) mass is 664 g/mol. The van der Waals surface area contributed by atoms with Crippen molar-refractivity contribution < 1.29 is 32.9 Å². The number of likely N-dealkylation sites (N-methyl/N-ethyl adjacent to an activating group) is 1. The van der Waals surface area contributed by atoms with Crippen LogP contribution in [0.4, 0.5) is 0 Å². The summed E-state index contributed by atoms with van der Waals surface area (Å²) in [6.07, 6.45) is 28.3. The van der Waals surface area contributed by atoms with Gasteiger partial charge in [0.25, 0.3) is 0 Å². The maximum atomic E-state index is 12.8. The second-order valence-corrected chi connectivity index (χ2v) is 15.8. The third-order valence-corrected chi connectivity index (χ3v) is 9.59. The van der Waals surface area contributed by atoms with Gasteiger partial charge in [-0.2, -0.15) is 0 Å². The van der Waals surface area contributed by atoms with E-state index in [1.807, 2.05) is 21.1 Å². The molecule has 8 nitrogen and oxygen atoms in total. The predicted molar refractivity (Wildman–Crippen MR) is 189 cm³/mol. The van der Waals surface area contributed by atoms with E-state index in [-0.39, 0.29) is 19.1 Å². The summed E-state index contributed by atoms with van der Waals surface area (Å²) in [7, 11) is 1.62. The highest BCUT2D eigenvalue weighted by Gasteiger charge is 2.28. The van der Waals surface area contributed by atoms with Crippen LogP contribution in [0.15, 0.2) is 0 Å². The molecule has 0 radical (unpaired) electrons. The molecule has 1 amide bonds. The topological polar surface area (TPSA) is 105 Å². The molecule has 3 unspecified atom stereocenters. The minimum absolute atomic E-state index is 0.0779. The molecule has 0 aliphatic rings. The molecule has 9 heteroatoms. The van der Waals surface area contributed by atoms with Crippen molar-refractivity contribution >= 4 is 13.7 Å². The number of amides is 1. The Morgan fingerprint density at radius 2 is 1.07 bits per heavy atom. The Morgan fingerprint density at radius 1 is 0.667 bits per heavy atom. The first-order valence-corrected chi connectivity index (χ1v) is 20.4. The molecule has 0 aromatic rings. The first-order chi connectivity index (χ1) is 21.5. The van der Waals surface area contributed by atoms with Crippen molar-refractivity contribution in [2.75, 3.05) is 40.9 Å². The van der Waals surface area contributed by atoms with E-state index in [2.05, 4.69) is 19.2 Å². The molecule has 0 aromatic carbocycles. The Morgan fingerprint density at radius 3 is 1.49 bits per heavy atom. The Bertz CT molecular complexity index is 718. The Hall–Kier alpha value is -0.500. The fraction of sp³-hybridized carbons (Fsp3) is 0.972. The summed E-state index contributed by atoms with van der Waals surface area (Å²) >= 11 is 0. The second kappa shape index (κ2) is 29.6. The summed E-state index contributed by atoms with van der Waals surface area (Å²) in [5.41, 5.74) is 0. The van der Waals surface area contributed by atoms with Gasteiger partial charge in [0, 0.05) is 6.42 Å². The van der Waals surface area contributed by atoms with Crippen molar-refractivity contribution in [1.82, 2.24) is 5.32 Å². The summed E-state index contributed by atoms with van der Waals surface area (Å²) in [5.74, 6) is -0.146. The first kappa shape index (κ1) is 44.5. The van der Waals surface area contributed by atoms with E-state index in [1.165, 1.54) is 109 Å². The maximum absolute atomic E-state index is 12.8. The Kier molecular flexibility index (Phi) is 29.3. The van der Waals surface area contributed by atoms with Crippen LogP contribution in [-0.4, -0.2) is 73.4 Å². The number of carbonyl (C=O) groups is 1. The highest BCUT2D eigenvalue weighted by atomic mass is 31.2. The molecule has 0 spiro atoms. The van der Waals surface area contributed by atoms with Gasteiger partial charge in [0.05, 0.1) is 39.9 Å². The van der Waals surface area contributed by atoms with E-state index >= 15 is 0 Å². The van der Waals surface area contributed by atoms with Crippen molar-refractivity contribution in [3.8, 4) is 0 Å². The minimum Gasteiger partial charge on any atom is -0.391 e. The van der Waals surface area contributed by atoms with Crippen LogP contribution in [0.25, 0.3) is 0 Å². The average Bonchev–Trinajstić information content (AvgIpc) is 2.97. The lowest BCUT2D eigenvalue weighted by atomic mass is 10.0. The van der Waals surface area contributed by atoms with Gasteiger partial charge in [0.15, 0.2) is 0 Å². The molecule has 0 saturated carbocycles. The maximum Gasteiger partial charge on any atom is 0.472 e. The van der Waals surface area contributed by atoms with Crippen LogP contribution < -0.4 is 5.32 Å². The number of hydrogen-bond acceptors (Lipinski definition) is 5. The average molecular weight is 664 g/mol. The van der Waals surface area contributed by atoms with Gasteiger partial charge in [-0.15, -0.1) is 0 Å². The molecule has 0 aromatic heterocycles. The van der Waals surface area contributed by atoms with Crippen LogP contribution in [0.1, 0.15) is 174 Å². The number of quaternary nitrogens is 1. The molecule has 270 valence electrons. The van der Waals surface area contributed by atoms with E-state index in [4.69, 9.17) is 9.05 Å². The van der Waals surface area contributed by atoms with Gasteiger partial charge in [-0.05, 0) is 12.8 Å². The lowest BCUT2D eigenvalue weighted by Crippen LogP contribution is -2.46. The van der Waals surface area contributed by atoms with E-state index < -0.39 is 20.0 Å². The molecule has 3 N–H and O–H groups in total. The molecule has 0 aliphatic heterocycles. The Labute approximate surface area is 279 Å². The van der Waals surface area contributed by atoms with Gasteiger partial charge in [0.2, 0.25) is 5.91 Å². The molecule has 0 fully saturated rings. The Balaban J connectivity index is 4.46. The lowest BCUT2D eigenvalue weighted by Gasteiger charge is -2.26. The van der Waals surface area contributed by atoms with Gasteiger partial charge < -0.3 is 19.8 Å². The third-order valence-electron chi connectivity index (χ3n) is 8.61. The number of nitrogens with zero attached hydrogens (tertiary/aromatic N) is 1. The predicted octanol–water partition coefficient (Wildman–Crippen LogP) is 9.46. The largest absolute Gasteiger partial charge is 0.472 e. The van der Waals surface area contributed by atoms with Crippen molar-refractivity contribution in [2.24, 2.45) is 0 Å². The zero-order valence-electron chi connectivity index (χ0n) is 30.4. The van der Waals surface area contributed by atoms with Crippen LogP contribution >= 0.6 is 7.82 Å². The minimum atomic E-state index is -4.29. The SMILES string of the molecule is CCCCCCCCCCCCCCC(=O)NC(COP(=O)(O)OCC[N+](C)(C)C)C(O)CCCCCCCCCCCCC. The summed E-state index contributed by atoms with van der Waals surface area (Å²) in [4.78, 5) is 23.0. The van der Waals surface area contributed by atoms with Crippen molar-refractivity contribution in [3.63, 3.8) is 0 Å². The van der Waals surface area contributed by atoms with Crippen LogP contribution in [-0.2, 0) is 18.4 Å². The van der Waals surface area contributed by atoms with E-state index in [0.717, 1.165) is 38.5 Å². The smallest absolute Gasteiger partial charge is 0.391 e. The molecule has 0 bridgehead atoms. The molecule has 0 aliphatic carbocycles. The van der Waals surface area contributed by atoms with E-state index in [0.29, 0.717) is 23.9 Å². The molecule has 45 heavy (non-hydrogen) atoms. The van der Waals surface area contributed by atoms with Gasteiger partial charge in [-0.3, -0.25) is 13.8 Å². The van der Waals surface area contributed by atoms with Gasteiger partial charge >= 0.3 is 7.82 Å². The number of nitrogens with one attached hydrogen (secondary N) is 1. The van der Waals surface area contributed by atoms with Crippen LogP contribution in [0, 0.1) is 0 Å². The fourth-order valence-corrected chi connectivity index (χ4v) is 6.25. The van der Waals surface area contributed by atoms with Crippen LogP contribution in [0.3, 0.4) is 0 Å². The number of carbonyl (C=O) groups excluding carboxylic acids is 1. The van der Waals surface area contributed by atoms with Gasteiger partial charge in [0.1, 0.15) is 13.2 Å². The first-order valence-electron chi connectivity index (χ1n) is 18.9. The molecule has 0 saturated heterocycles. The van der Waals surface area contributed by atoms with Crippen molar-refractivity contribution in [2.45, 2.75) is 187 Å². The second-order valence-electron chi connectivity index (χ2n) is 14.3. The normalized spacial score (nSPS) is 14.7. The zero-order valence-corrected chi connectivity index (χ0v) is 31.3. The lowest BCUT2D eigenvalue weighted by molar-refractivity contribution is -0.870. The van der Waals surface area contributed by atoms with E-state index in [1.54, 1.807) is 0 Å². The molecular weight excluding hydrogens is 587 g/mol. The van der Waals surface area contributed by atoms with Crippen molar-refractivity contribution in [1.29, 1.82) is 0 Å². The van der Waals surface area contributed by atoms with Crippen molar-refractivity contribution in [3.05, 3.63) is 0 Å². The summed E-state index contributed by atoms with van der Waals surface area (Å²) in [6.45, 7) is 4.86. The highest BCUT2D eigenvalue weighted by Crippen LogP contribution is 2.43. The summed E-state index contributed by atoms with van der Waals surface area (Å²) in [5, 5.41) is 13.8. The third kappa shape index (κ3) is 31.8. The number of hydrogen-bond donors (Lipinski definition) is 3. The zero-order chi connectivity index (χ0) is 33.7. The van der Waals surface area contributed by atoms with Gasteiger partial charge in [-0.1, -0.05) is 155 Å². The number of aliphatic hydroxyl groups is 1. The quantitative estimate of drug-likeness (QED) is 0.0360. The number of unbranched alkanes of at least 4 members (excludes halogenated alkanes) is 21. The highest BCUT2D eigenvalue weighted by molar-refractivity contribution is 7.47. The molecule has 3 atom stereocenters. The summed E-state index contributed by atoms with van der Waals surface area (Å²) < 4.78 is 23.5. The van der Waals surface area contributed by atoms with Crippen LogP contribution in [0.5, 0.6) is 0 Å². The molecule has 0 rings (SSSR count). The summed E-state index contributed by atoms with van der Waals surface area (Å²) in [6, 6.07) is -0.750. The number of phosphoric acid groups is 1. The van der Waals surface area contributed by atoms with E-state index in [9.17, 15) is 19.4 Å². The number of phosphoric ester groups is 1. The molecule has 0 heterocycles.